The van der Waals surface area contributed by atoms with E-state index in [2.05, 4.69) is 15.1 Å². The van der Waals surface area contributed by atoms with E-state index >= 15 is 0 Å². The van der Waals surface area contributed by atoms with E-state index in [-0.39, 0.29) is 6.04 Å². The maximum absolute atomic E-state index is 6.25. The number of halogens is 1. The van der Waals surface area contributed by atoms with Crippen LogP contribution in [0.1, 0.15) is 29.9 Å². The van der Waals surface area contributed by atoms with E-state index < -0.39 is 0 Å². The Morgan fingerprint density at radius 1 is 1.39 bits per heavy atom. The van der Waals surface area contributed by atoms with Crippen molar-refractivity contribution in [3.63, 3.8) is 0 Å². The van der Waals surface area contributed by atoms with Crippen molar-refractivity contribution in [1.82, 2.24) is 19.7 Å². The van der Waals surface area contributed by atoms with Crippen LogP contribution >= 0.6 is 11.6 Å². The van der Waals surface area contributed by atoms with Gasteiger partial charge in [0, 0.05) is 37.0 Å². The molecule has 0 saturated heterocycles. The molecule has 0 amide bonds. The Labute approximate surface area is 111 Å². The van der Waals surface area contributed by atoms with Crippen molar-refractivity contribution in [1.29, 1.82) is 0 Å². The lowest BCUT2D eigenvalue weighted by atomic mass is 10.1. The Kier molecular flexibility index (Phi) is 3.93. The van der Waals surface area contributed by atoms with Crippen LogP contribution in [0.15, 0.2) is 18.7 Å². The molecule has 0 aliphatic carbocycles. The van der Waals surface area contributed by atoms with Crippen LogP contribution < -0.4 is 5.73 Å². The van der Waals surface area contributed by atoms with Crippen molar-refractivity contribution in [3.8, 4) is 0 Å². The molecule has 18 heavy (non-hydrogen) atoms. The van der Waals surface area contributed by atoms with Crippen LogP contribution in [0.4, 0.5) is 0 Å². The lowest BCUT2D eigenvalue weighted by Crippen LogP contribution is -2.16. The Morgan fingerprint density at radius 3 is 2.67 bits per heavy atom. The molecule has 2 aromatic rings. The second kappa shape index (κ2) is 5.46. The lowest BCUT2D eigenvalue weighted by Gasteiger charge is -2.12. The van der Waals surface area contributed by atoms with E-state index in [0.29, 0.717) is 11.4 Å². The van der Waals surface area contributed by atoms with Crippen molar-refractivity contribution < 1.29 is 0 Å². The monoisotopic (exact) mass is 265 g/mol. The normalized spacial score (nSPS) is 12.7. The summed E-state index contributed by atoms with van der Waals surface area (Å²) < 4.78 is 1.89. The third-order valence-corrected chi connectivity index (χ3v) is 3.37. The molecule has 2 N–H and O–H groups in total. The molecular formula is C12H16ClN5. The summed E-state index contributed by atoms with van der Waals surface area (Å²) in [5.74, 6) is 0. The van der Waals surface area contributed by atoms with Crippen LogP contribution in [0, 0.1) is 6.92 Å². The molecule has 0 spiro atoms. The average molecular weight is 266 g/mol. The molecule has 96 valence electrons. The summed E-state index contributed by atoms with van der Waals surface area (Å²) in [6, 6.07) is -0.176. The standard InChI is InChI=1S/C12H16ClN5/c1-3-18-11(12(13)8(2)17-18)4-10(14)9-5-15-7-16-6-9/h5-7,10H,3-4,14H2,1-2H3. The molecule has 1 atom stereocenters. The van der Waals surface area contributed by atoms with Crippen LogP contribution in [0.2, 0.25) is 5.02 Å². The van der Waals surface area contributed by atoms with Gasteiger partial charge in [0.05, 0.1) is 16.4 Å². The highest BCUT2D eigenvalue weighted by Crippen LogP contribution is 2.24. The molecule has 0 saturated carbocycles. The van der Waals surface area contributed by atoms with Gasteiger partial charge in [-0.1, -0.05) is 11.6 Å². The van der Waals surface area contributed by atoms with E-state index in [0.717, 1.165) is 23.5 Å². The predicted molar refractivity (Wildman–Crippen MR) is 70.3 cm³/mol. The highest BCUT2D eigenvalue weighted by atomic mass is 35.5. The van der Waals surface area contributed by atoms with Gasteiger partial charge in [-0.15, -0.1) is 0 Å². The lowest BCUT2D eigenvalue weighted by molar-refractivity contribution is 0.586. The van der Waals surface area contributed by atoms with Gasteiger partial charge in [0.15, 0.2) is 0 Å². The van der Waals surface area contributed by atoms with E-state index in [4.69, 9.17) is 17.3 Å². The van der Waals surface area contributed by atoms with E-state index in [9.17, 15) is 0 Å². The highest BCUT2D eigenvalue weighted by molar-refractivity contribution is 6.31. The summed E-state index contributed by atoms with van der Waals surface area (Å²) in [6.07, 6.45) is 5.57. The van der Waals surface area contributed by atoms with E-state index in [1.807, 2.05) is 18.5 Å². The number of hydrogen-bond donors (Lipinski definition) is 1. The second-order valence-corrected chi connectivity index (χ2v) is 4.52. The zero-order valence-corrected chi connectivity index (χ0v) is 11.2. The molecule has 2 heterocycles. The highest BCUT2D eigenvalue weighted by Gasteiger charge is 2.16. The summed E-state index contributed by atoms with van der Waals surface area (Å²) >= 11 is 6.25. The molecule has 0 aliphatic rings. The van der Waals surface area contributed by atoms with E-state index in [1.54, 1.807) is 12.4 Å². The van der Waals surface area contributed by atoms with Crippen LogP contribution in [-0.4, -0.2) is 19.7 Å². The van der Waals surface area contributed by atoms with Crippen LogP contribution in [0.3, 0.4) is 0 Å². The van der Waals surface area contributed by atoms with Gasteiger partial charge in [-0.25, -0.2) is 9.97 Å². The van der Waals surface area contributed by atoms with Gasteiger partial charge in [-0.3, -0.25) is 4.68 Å². The smallest absolute Gasteiger partial charge is 0.115 e. The van der Waals surface area contributed by atoms with Gasteiger partial charge in [-0.2, -0.15) is 5.10 Å². The van der Waals surface area contributed by atoms with Crippen molar-refractivity contribution in [2.45, 2.75) is 32.9 Å². The van der Waals surface area contributed by atoms with Crippen molar-refractivity contribution in [3.05, 3.63) is 40.7 Å². The summed E-state index contributed by atoms with van der Waals surface area (Å²) in [5, 5.41) is 5.07. The van der Waals surface area contributed by atoms with Crippen molar-refractivity contribution >= 4 is 11.6 Å². The fraction of sp³-hybridized carbons (Fsp3) is 0.417. The van der Waals surface area contributed by atoms with Crippen molar-refractivity contribution in [2.24, 2.45) is 5.73 Å². The largest absolute Gasteiger partial charge is 0.324 e. The number of nitrogens with two attached hydrogens (primary N) is 1. The Hall–Kier alpha value is -1.46. The van der Waals surface area contributed by atoms with Gasteiger partial charge in [0.25, 0.3) is 0 Å². The number of aryl methyl sites for hydroxylation is 2. The summed E-state index contributed by atoms with van der Waals surface area (Å²) in [7, 11) is 0. The zero-order chi connectivity index (χ0) is 13.1. The third kappa shape index (κ3) is 2.52. The van der Waals surface area contributed by atoms with Crippen LogP contribution in [0.5, 0.6) is 0 Å². The molecule has 5 nitrogen and oxygen atoms in total. The maximum atomic E-state index is 6.25. The topological polar surface area (TPSA) is 69.6 Å². The minimum Gasteiger partial charge on any atom is -0.324 e. The Morgan fingerprint density at radius 2 is 2.06 bits per heavy atom. The average Bonchev–Trinajstić information content (AvgIpc) is 2.67. The molecule has 0 aromatic carbocycles. The molecule has 1 unspecified atom stereocenters. The molecule has 0 radical (unpaired) electrons. The molecule has 2 aromatic heterocycles. The SMILES string of the molecule is CCn1nc(C)c(Cl)c1CC(N)c1cncnc1. The fourth-order valence-corrected chi connectivity index (χ4v) is 2.10. The number of hydrogen-bond acceptors (Lipinski definition) is 4. The molecular weight excluding hydrogens is 250 g/mol. The maximum Gasteiger partial charge on any atom is 0.115 e. The summed E-state index contributed by atoms with van der Waals surface area (Å²) in [5.41, 5.74) is 8.85. The molecule has 6 heteroatoms. The predicted octanol–water partition coefficient (Wildman–Crippen LogP) is 1.90. The summed E-state index contributed by atoms with van der Waals surface area (Å²) in [6.45, 7) is 4.71. The van der Waals surface area contributed by atoms with E-state index in [1.165, 1.54) is 6.33 Å². The second-order valence-electron chi connectivity index (χ2n) is 4.14. The number of rotatable bonds is 4. The summed E-state index contributed by atoms with van der Waals surface area (Å²) in [4.78, 5) is 7.94. The first-order valence-electron chi connectivity index (χ1n) is 5.85. The first-order chi connectivity index (χ1) is 8.63. The van der Waals surface area contributed by atoms with Gasteiger partial charge >= 0.3 is 0 Å². The minimum absolute atomic E-state index is 0.176. The number of aromatic nitrogens is 4. The van der Waals surface area contributed by atoms with Gasteiger partial charge < -0.3 is 5.73 Å². The molecule has 0 bridgehead atoms. The third-order valence-electron chi connectivity index (χ3n) is 2.87. The van der Waals surface area contributed by atoms with Crippen LogP contribution in [0.25, 0.3) is 0 Å². The minimum atomic E-state index is -0.176. The zero-order valence-electron chi connectivity index (χ0n) is 10.5. The van der Waals surface area contributed by atoms with Gasteiger partial charge in [0.2, 0.25) is 0 Å². The van der Waals surface area contributed by atoms with Crippen molar-refractivity contribution in [2.75, 3.05) is 0 Å². The first kappa shape index (κ1) is 13.0. The van der Waals surface area contributed by atoms with Gasteiger partial charge in [0.1, 0.15) is 6.33 Å². The van der Waals surface area contributed by atoms with Gasteiger partial charge in [-0.05, 0) is 13.8 Å². The molecule has 0 fully saturated rings. The first-order valence-corrected chi connectivity index (χ1v) is 6.23. The Balaban J connectivity index is 2.24. The quantitative estimate of drug-likeness (QED) is 0.917. The number of nitrogens with zero attached hydrogens (tertiary/aromatic N) is 4. The molecule has 0 aliphatic heterocycles. The van der Waals surface area contributed by atoms with Crippen LogP contribution in [-0.2, 0) is 13.0 Å². The fourth-order valence-electron chi connectivity index (χ4n) is 1.89. The molecule has 2 rings (SSSR count). The Bertz CT molecular complexity index is 523.